The van der Waals surface area contributed by atoms with Gasteiger partial charge in [-0.05, 0) is 55.5 Å². The van der Waals surface area contributed by atoms with Crippen molar-refractivity contribution in [3.8, 4) is 16.9 Å². The number of nitrogens with zero attached hydrogens (tertiary/aromatic N) is 4. The summed E-state index contributed by atoms with van der Waals surface area (Å²) in [6.07, 6.45) is 3.54. The number of nitrogens with one attached hydrogen (secondary N) is 1. The fourth-order valence-corrected chi connectivity index (χ4v) is 6.16. The summed E-state index contributed by atoms with van der Waals surface area (Å²) < 4.78 is 12.2. The first-order valence-corrected chi connectivity index (χ1v) is 16.8. The minimum Gasteiger partial charge on any atom is -0.483 e. The lowest BCUT2D eigenvalue weighted by Gasteiger charge is -2.36. The Kier molecular flexibility index (Phi) is 10.7. The molecule has 10 heteroatoms. The molecule has 1 N–H and O–H groups in total. The van der Waals surface area contributed by atoms with Crippen LogP contribution >= 0.6 is 0 Å². The van der Waals surface area contributed by atoms with Crippen molar-refractivity contribution < 1.29 is 23.5 Å². The lowest BCUT2D eigenvalue weighted by atomic mass is 9.94. The summed E-state index contributed by atoms with van der Waals surface area (Å²) in [6.45, 7) is 13.7. The number of hydrogen-bond donors (Lipinski definition) is 1. The van der Waals surface area contributed by atoms with Gasteiger partial charge >= 0.3 is 0 Å². The average Bonchev–Trinajstić information content (AvgIpc) is 3.74. The number of benzene rings is 2. The van der Waals surface area contributed by atoms with Gasteiger partial charge in [0.25, 0.3) is 5.91 Å². The van der Waals surface area contributed by atoms with Crippen LogP contribution in [-0.4, -0.2) is 89.3 Å². The molecule has 5 rings (SSSR count). The monoisotopic (exact) mass is 643 g/mol. The Morgan fingerprint density at radius 2 is 1.72 bits per heavy atom. The third-order valence-corrected chi connectivity index (χ3v) is 8.92. The van der Waals surface area contributed by atoms with E-state index in [4.69, 9.17) is 9.15 Å². The van der Waals surface area contributed by atoms with E-state index >= 15 is 0 Å². The molecule has 0 spiro atoms. The maximum Gasteiger partial charge on any atom is 0.255 e. The van der Waals surface area contributed by atoms with Crippen molar-refractivity contribution in [2.24, 2.45) is 5.92 Å². The molecule has 3 heterocycles. The second kappa shape index (κ2) is 14.7. The van der Waals surface area contributed by atoms with Crippen molar-refractivity contribution in [2.45, 2.75) is 78.0 Å². The Labute approximate surface area is 278 Å². The van der Waals surface area contributed by atoms with Crippen molar-refractivity contribution in [1.82, 2.24) is 25.0 Å². The van der Waals surface area contributed by atoms with Crippen LogP contribution in [-0.2, 0) is 21.6 Å². The second-order valence-electron chi connectivity index (χ2n) is 14.2. The smallest absolute Gasteiger partial charge is 0.255 e. The Hall–Kier alpha value is -4.18. The molecule has 2 saturated heterocycles. The minimum absolute atomic E-state index is 0.00640. The molecule has 10 nitrogen and oxygen atoms in total. The molecule has 0 radical (unpaired) electrons. The Balaban J connectivity index is 1.37. The molecule has 2 aliphatic rings. The number of piperazine rings is 1. The molecule has 2 aromatic carbocycles. The van der Waals surface area contributed by atoms with Gasteiger partial charge in [0.1, 0.15) is 23.6 Å². The zero-order valence-corrected chi connectivity index (χ0v) is 28.6. The van der Waals surface area contributed by atoms with Gasteiger partial charge in [-0.15, -0.1) is 0 Å². The van der Waals surface area contributed by atoms with Gasteiger partial charge in [-0.1, -0.05) is 71.0 Å². The summed E-state index contributed by atoms with van der Waals surface area (Å²) in [6, 6.07) is 14.0. The molecule has 0 bridgehead atoms. The lowest BCUT2D eigenvalue weighted by Crippen LogP contribution is -2.56. The molecule has 0 aliphatic carbocycles. The zero-order chi connectivity index (χ0) is 33.7. The first kappa shape index (κ1) is 34.2. The highest BCUT2D eigenvalue weighted by atomic mass is 16.5. The van der Waals surface area contributed by atoms with Crippen molar-refractivity contribution >= 4 is 17.7 Å². The van der Waals surface area contributed by atoms with Crippen LogP contribution in [0.15, 0.2) is 59.1 Å². The van der Waals surface area contributed by atoms with Crippen LogP contribution in [0.4, 0.5) is 0 Å². The van der Waals surface area contributed by atoms with E-state index < -0.39 is 18.0 Å². The molecular formula is C37H49N5O5. The zero-order valence-electron chi connectivity index (χ0n) is 28.6. The van der Waals surface area contributed by atoms with Crippen LogP contribution in [0.2, 0.25) is 0 Å². The number of amides is 3. The Bertz CT molecular complexity index is 1540. The van der Waals surface area contributed by atoms with Gasteiger partial charge in [0.2, 0.25) is 17.7 Å². The van der Waals surface area contributed by atoms with Gasteiger partial charge in [-0.2, -0.15) is 0 Å². The summed E-state index contributed by atoms with van der Waals surface area (Å²) in [5, 5.41) is 3.03. The number of oxazole rings is 1. The van der Waals surface area contributed by atoms with E-state index in [1.165, 1.54) is 0 Å². The average molecular weight is 644 g/mol. The van der Waals surface area contributed by atoms with Gasteiger partial charge in [-0.3, -0.25) is 14.4 Å². The highest BCUT2D eigenvalue weighted by molar-refractivity contribution is 6.01. The van der Waals surface area contributed by atoms with E-state index in [-0.39, 0.29) is 29.8 Å². The van der Waals surface area contributed by atoms with Crippen molar-refractivity contribution in [3.63, 3.8) is 0 Å². The largest absolute Gasteiger partial charge is 0.483 e. The molecule has 3 amide bonds. The van der Waals surface area contributed by atoms with Gasteiger partial charge in [-0.25, -0.2) is 4.98 Å². The fraction of sp³-hybridized carbons (Fsp3) is 0.514. The summed E-state index contributed by atoms with van der Waals surface area (Å²) in [5.74, 6) is 1.03. The highest BCUT2D eigenvalue weighted by Crippen LogP contribution is 2.30. The van der Waals surface area contributed by atoms with Crippen molar-refractivity contribution in [1.29, 1.82) is 0 Å². The lowest BCUT2D eigenvalue weighted by molar-refractivity contribution is -0.145. The van der Waals surface area contributed by atoms with Gasteiger partial charge < -0.3 is 29.2 Å². The number of likely N-dealkylation sites (tertiary alicyclic amines) is 1. The molecule has 47 heavy (non-hydrogen) atoms. The number of ether oxygens (including phenoxy) is 1. The van der Waals surface area contributed by atoms with E-state index in [1.807, 2.05) is 82.0 Å². The number of aromatic nitrogens is 1. The molecule has 2 fully saturated rings. The maximum absolute atomic E-state index is 14.1. The molecule has 252 valence electrons. The molecule has 0 saturated carbocycles. The van der Waals surface area contributed by atoms with Crippen LogP contribution in [0.3, 0.4) is 0 Å². The minimum atomic E-state index is -0.786. The number of hydrogen-bond acceptors (Lipinski definition) is 7. The summed E-state index contributed by atoms with van der Waals surface area (Å²) in [7, 11) is 2.05. The van der Waals surface area contributed by atoms with E-state index in [1.54, 1.807) is 17.2 Å². The molecule has 3 aromatic rings. The Morgan fingerprint density at radius 1 is 1.00 bits per heavy atom. The number of carbonyl (C=O) groups excluding carboxylic acids is 3. The second-order valence-corrected chi connectivity index (χ2v) is 14.2. The first-order chi connectivity index (χ1) is 22.4. The van der Waals surface area contributed by atoms with Crippen molar-refractivity contribution in [2.75, 3.05) is 39.8 Å². The highest BCUT2D eigenvalue weighted by Gasteiger charge is 2.40. The topological polar surface area (TPSA) is 108 Å². The quantitative estimate of drug-likeness (QED) is 0.327. The van der Waals surface area contributed by atoms with Gasteiger partial charge in [0.15, 0.2) is 6.61 Å². The normalized spacial score (nSPS) is 18.0. The van der Waals surface area contributed by atoms with Gasteiger partial charge in [0, 0.05) is 38.1 Å². The standard InChI is InChI=1S/C37H49N5O5/c1-25(2)21-29(35(44)42-16-10-13-30(42)36(45)41-19-17-40(6)18-20-41)39-34(43)28-15-14-27(26-11-8-7-9-12-26)22-31(28)46-24-33-38-23-32(47-33)37(3,4)5/h7-9,11-12,14-15,22-23,25,29-30H,10,13,16-21,24H2,1-6H3,(H,39,43). The van der Waals surface area contributed by atoms with Crippen LogP contribution in [0.1, 0.15) is 75.9 Å². The van der Waals surface area contributed by atoms with Crippen LogP contribution in [0, 0.1) is 5.92 Å². The number of rotatable bonds is 10. The van der Waals surface area contributed by atoms with Crippen molar-refractivity contribution in [3.05, 3.63) is 71.9 Å². The molecule has 2 aliphatic heterocycles. The fourth-order valence-electron chi connectivity index (χ4n) is 6.16. The van der Waals surface area contributed by atoms with Crippen LogP contribution < -0.4 is 10.1 Å². The maximum atomic E-state index is 14.1. The predicted molar refractivity (Wildman–Crippen MR) is 181 cm³/mol. The summed E-state index contributed by atoms with van der Waals surface area (Å²) >= 11 is 0. The van der Waals surface area contributed by atoms with Gasteiger partial charge in [0.05, 0.1) is 11.8 Å². The van der Waals surface area contributed by atoms with Crippen LogP contribution in [0.5, 0.6) is 5.75 Å². The van der Waals surface area contributed by atoms with E-state index in [0.717, 1.165) is 36.4 Å². The van der Waals surface area contributed by atoms with E-state index in [0.29, 0.717) is 49.7 Å². The molecule has 2 atom stereocenters. The Morgan fingerprint density at radius 3 is 2.38 bits per heavy atom. The van der Waals surface area contributed by atoms with E-state index in [2.05, 4.69) is 22.2 Å². The third kappa shape index (κ3) is 8.41. The summed E-state index contributed by atoms with van der Waals surface area (Å²) in [5.41, 5.74) is 1.97. The summed E-state index contributed by atoms with van der Waals surface area (Å²) in [4.78, 5) is 51.8. The number of carbonyl (C=O) groups is 3. The third-order valence-electron chi connectivity index (χ3n) is 8.92. The molecule has 1 aromatic heterocycles. The SMILES string of the molecule is CC(C)CC(NC(=O)c1ccc(-c2ccccc2)cc1OCc1ncc(C(C)(C)C)o1)C(=O)N1CCCC1C(=O)N1CCN(C)CC1. The first-order valence-electron chi connectivity index (χ1n) is 16.8. The predicted octanol–water partition coefficient (Wildman–Crippen LogP) is 5.13. The molecular weight excluding hydrogens is 594 g/mol. The van der Waals surface area contributed by atoms with Crippen LogP contribution in [0.25, 0.3) is 11.1 Å². The van der Waals surface area contributed by atoms with E-state index in [9.17, 15) is 14.4 Å². The molecule has 2 unspecified atom stereocenters. The number of likely N-dealkylation sites (N-methyl/N-ethyl adjacent to an activating group) is 1.